The highest BCUT2D eigenvalue weighted by molar-refractivity contribution is 6.06. The van der Waals surface area contributed by atoms with Crippen LogP contribution in [0.1, 0.15) is 15.9 Å². The summed E-state index contributed by atoms with van der Waals surface area (Å²) in [4.78, 5) is 12.4. The molecule has 0 unspecified atom stereocenters. The van der Waals surface area contributed by atoms with Gasteiger partial charge in [-0.1, -0.05) is 48.5 Å². The summed E-state index contributed by atoms with van der Waals surface area (Å²) in [5.41, 5.74) is 1.61. The van der Waals surface area contributed by atoms with Crippen molar-refractivity contribution in [2.75, 3.05) is 0 Å². The molecule has 96 valence electrons. The number of Topliss-reactive ketones (excluding diaryl/α,β-unsaturated/α-hetero) is 1. The Balaban J connectivity index is 2.03. The number of rotatable bonds is 0. The molecule has 0 atom stereocenters. The highest BCUT2D eigenvalue weighted by Gasteiger charge is 2.22. The third-order valence-corrected chi connectivity index (χ3v) is 3.72. The number of benzene rings is 3. The molecule has 3 aromatic rings. The number of hydrogen-bond donors (Lipinski definition) is 0. The van der Waals surface area contributed by atoms with Gasteiger partial charge in [-0.3, -0.25) is 4.79 Å². The lowest BCUT2D eigenvalue weighted by Crippen LogP contribution is -2.01. The number of carbonyl (C=O) groups excluding carboxylic acids is 1. The average molecular weight is 260 g/mol. The van der Waals surface area contributed by atoms with Gasteiger partial charge in [-0.25, -0.2) is 0 Å². The van der Waals surface area contributed by atoms with Crippen molar-refractivity contribution in [3.8, 4) is 11.5 Å². The zero-order valence-electron chi connectivity index (χ0n) is 10.8. The van der Waals surface area contributed by atoms with Crippen molar-refractivity contribution < 1.29 is 9.53 Å². The standard InChI is InChI=1S/C18H12O2/c19-16-11-13-6-2-4-8-17(13)20-18-14-7-3-1-5-12(14)9-10-15(16)18/h1-10H,11H2. The zero-order chi connectivity index (χ0) is 13.5. The molecular formula is C18H12O2. The molecule has 1 heterocycles. The molecule has 2 heteroatoms. The van der Waals surface area contributed by atoms with Crippen molar-refractivity contribution in [2.24, 2.45) is 0 Å². The van der Waals surface area contributed by atoms with Gasteiger partial charge < -0.3 is 4.74 Å². The smallest absolute Gasteiger partial charge is 0.171 e. The van der Waals surface area contributed by atoms with Gasteiger partial charge in [0, 0.05) is 17.4 Å². The lowest BCUT2D eigenvalue weighted by atomic mass is 10.00. The highest BCUT2D eigenvalue weighted by Crippen LogP contribution is 2.38. The SMILES string of the molecule is O=C1Cc2ccccc2Oc2c1ccc1ccccc21. The summed E-state index contributed by atoms with van der Waals surface area (Å²) in [6.07, 6.45) is 0.390. The molecule has 0 aromatic heterocycles. The Labute approximate surface area is 116 Å². The van der Waals surface area contributed by atoms with Gasteiger partial charge >= 0.3 is 0 Å². The molecule has 2 nitrogen and oxygen atoms in total. The molecule has 0 bridgehead atoms. The van der Waals surface area contributed by atoms with Crippen LogP contribution in [0, 0.1) is 0 Å². The summed E-state index contributed by atoms with van der Waals surface area (Å²) in [7, 11) is 0. The lowest BCUT2D eigenvalue weighted by molar-refractivity contribution is 0.0993. The van der Waals surface area contributed by atoms with E-state index in [1.807, 2.05) is 60.7 Å². The minimum atomic E-state index is 0.107. The van der Waals surface area contributed by atoms with Gasteiger partial charge in [0.25, 0.3) is 0 Å². The van der Waals surface area contributed by atoms with E-state index in [1.54, 1.807) is 0 Å². The molecule has 0 N–H and O–H groups in total. The molecular weight excluding hydrogens is 248 g/mol. The number of ketones is 1. The van der Waals surface area contributed by atoms with E-state index in [0.29, 0.717) is 17.7 Å². The molecule has 3 aromatic carbocycles. The Kier molecular flexibility index (Phi) is 2.36. The van der Waals surface area contributed by atoms with Crippen molar-refractivity contribution in [3.63, 3.8) is 0 Å². The zero-order valence-corrected chi connectivity index (χ0v) is 10.8. The van der Waals surface area contributed by atoms with Crippen molar-refractivity contribution >= 4 is 16.6 Å². The van der Waals surface area contributed by atoms with Gasteiger partial charge in [-0.2, -0.15) is 0 Å². The monoisotopic (exact) mass is 260 g/mol. The first-order valence-electron chi connectivity index (χ1n) is 6.63. The van der Waals surface area contributed by atoms with Crippen molar-refractivity contribution in [2.45, 2.75) is 6.42 Å². The maximum Gasteiger partial charge on any atom is 0.171 e. The Morgan fingerprint density at radius 1 is 0.850 bits per heavy atom. The number of fused-ring (bicyclic) bond motifs is 4. The average Bonchev–Trinajstić information content (AvgIpc) is 2.63. The van der Waals surface area contributed by atoms with Crippen LogP contribution in [0.5, 0.6) is 11.5 Å². The maximum atomic E-state index is 12.4. The Bertz CT molecular complexity index is 834. The summed E-state index contributed by atoms with van der Waals surface area (Å²) in [6, 6.07) is 19.5. The van der Waals surface area contributed by atoms with Crippen LogP contribution in [0.25, 0.3) is 10.8 Å². The second kappa shape index (κ2) is 4.20. The summed E-state index contributed by atoms with van der Waals surface area (Å²) in [5.74, 6) is 1.56. The van der Waals surface area contributed by atoms with Gasteiger partial charge in [0.15, 0.2) is 5.78 Å². The minimum absolute atomic E-state index is 0.107. The first-order valence-corrected chi connectivity index (χ1v) is 6.63. The Morgan fingerprint density at radius 2 is 1.65 bits per heavy atom. The maximum absolute atomic E-state index is 12.4. The van der Waals surface area contributed by atoms with Crippen molar-refractivity contribution in [1.29, 1.82) is 0 Å². The van der Waals surface area contributed by atoms with Crippen LogP contribution in [0.3, 0.4) is 0 Å². The van der Waals surface area contributed by atoms with Crippen molar-refractivity contribution in [3.05, 3.63) is 71.8 Å². The first kappa shape index (κ1) is 11.2. The molecule has 1 aliphatic heterocycles. The van der Waals surface area contributed by atoms with Crippen LogP contribution in [0.4, 0.5) is 0 Å². The van der Waals surface area contributed by atoms with E-state index in [4.69, 9.17) is 4.74 Å². The number of para-hydroxylation sites is 1. The van der Waals surface area contributed by atoms with Crippen LogP contribution < -0.4 is 4.74 Å². The van der Waals surface area contributed by atoms with Crippen molar-refractivity contribution in [1.82, 2.24) is 0 Å². The van der Waals surface area contributed by atoms with E-state index in [-0.39, 0.29) is 5.78 Å². The molecule has 0 saturated heterocycles. The van der Waals surface area contributed by atoms with Crippen LogP contribution in [-0.2, 0) is 6.42 Å². The van der Waals surface area contributed by atoms with E-state index in [1.165, 1.54) is 0 Å². The minimum Gasteiger partial charge on any atom is -0.456 e. The Morgan fingerprint density at radius 3 is 2.60 bits per heavy atom. The quantitative estimate of drug-likeness (QED) is 0.600. The summed E-state index contributed by atoms with van der Waals surface area (Å²) < 4.78 is 6.07. The molecule has 1 aliphatic rings. The predicted octanol–water partition coefficient (Wildman–Crippen LogP) is 4.37. The second-order valence-electron chi connectivity index (χ2n) is 4.97. The van der Waals surface area contributed by atoms with Crippen LogP contribution >= 0.6 is 0 Å². The normalized spacial score (nSPS) is 13.3. The number of carbonyl (C=O) groups is 1. The largest absolute Gasteiger partial charge is 0.456 e. The molecule has 0 saturated carbocycles. The van der Waals surface area contributed by atoms with Gasteiger partial charge in [-0.05, 0) is 17.5 Å². The first-order chi connectivity index (χ1) is 9.83. The molecule has 20 heavy (non-hydrogen) atoms. The topological polar surface area (TPSA) is 26.3 Å². The third kappa shape index (κ3) is 1.62. The second-order valence-corrected chi connectivity index (χ2v) is 4.97. The summed E-state index contributed by atoms with van der Waals surface area (Å²) >= 11 is 0. The molecule has 0 aliphatic carbocycles. The van der Waals surface area contributed by atoms with E-state index >= 15 is 0 Å². The fourth-order valence-corrected chi connectivity index (χ4v) is 2.70. The lowest BCUT2D eigenvalue weighted by Gasteiger charge is -2.11. The Hall–Kier alpha value is -2.61. The summed E-state index contributed by atoms with van der Waals surface area (Å²) in [5, 5.41) is 2.06. The van der Waals surface area contributed by atoms with Crippen LogP contribution in [0.15, 0.2) is 60.7 Å². The summed E-state index contributed by atoms with van der Waals surface area (Å²) in [6.45, 7) is 0. The van der Waals surface area contributed by atoms with E-state index in [2.05, 4.69) is 0 Å². The van der Waals surface area contributed by atoms with Gasteiger partial charge in [0.2, 0.25) is 0 Å². The van der Waals surface area contributed by atoms with E-state index in [0.717, 1.165) is 22.1 Å². The fraction of sp³-hybridized carbons (Fsp3) is 0.0556. The van der Waals surface area contributed by atoms with Gasteiger partial charge in [0.1, 0.15) is 11.5 Å². The third-order valence-electron chi connectivity index (χ3n) is 3.72. The van der Waals surface area contributed by atoms with Gasteiger partial charge in [-0.15, -0.1) is 0 Å². The number of ether oxygens (including phenoxy) is 1. The molecule has 0 spiro atoms. The highest BCUT2D eigenvalue weighted by atomic mass is 16.5. The van der Waals surface area contributed by atoms with Crippen LogP contribution in [0.2, 0.25) is 0 Å². The predicted molar refractivity (Wildman–Crippen MR) is 78.5 cm³/mol. The fourth-order valence-electron chi connectivity index (χ4n) is 2.70. The van der Waals surface area contributed by atoms with E-state index < -0.39 is 0 Å². The van der Waals surface area contributed by atoms with Gasteiger partial charge in [0.05, 0.1) is 5.56 Å². The molecule has 0 fully saturated rings. The number of hydrogen-bond acceptors (Lipinski definition) is 2. The van der Waals surface area contributed by atoms with Crippen LogP contribution in [-0.4, -0.2) is 5.78 Å². The molecule has 4 rings (SSSR count). The molecule has 0 radical (unpaired) electrons. The van der Waals surface area contributed by atoms with E-state index in [9.17, 15) is 4.79 Å². The molecule has 0 amide bonds.